The van der Waals surface area contributed by atoms with Crippen LogP contribution < -0.4 is 10.5 Å². The minimum Gasteiger partial charge on any atom is -0.497 e. The Hall–Kier alpha value is -1.59. The number of rotatable bonds is 7. The number of carbonyl (C=O) groups is 1. The van der Waals surface area contributed by atoms with E-state index in [4.69, 9.17) is 15.2 Å². The molecule has 0 bridgehead atoms. The second kappa shape index (κ2) is 8.15. The number of aryl methyl sites for hydroxylation is 1. The Kier molecular flexibility index (Phi) is 6.21. The largest absolute Gasteiger partial charge is 0.497 e. The number of likely N-dealkylation sites (N-methyl/N-ethyl adjacent to an activating group) is 1. The van der Waals surface area contributed by atoms with Crippen molar-refractivity contribution >= 4 is 5.91 Å². The summed E-state index contributed by atoms with van der Waals surface area (Å²) in [6.07, 6.45) is 3.28. The smallest absolute Gasteiger partial charge is 0.251 e. The van der Waals surface area contributed by atoms with Gasteiger partial charge >= 0.3 is 0 Å². The summed E-state index contributed by atoms with van der Waals surface area (Å²) in [4.78, 5) is 14.0. The van der Waals surface area contributed by atoms with Crippen molar-refractivity contribution in [1.29, 1.82) is 0 Å². The summed E-state index contributed by atoms with van der Waals surface area (Å²) in [5.41, 5.74) is 6.83. The number of benzene rings is 1. The minimum atomic E-state index is -0.306. The molecule has 2 rings (SSSR count). The van der Waals surface area contributed by atoms with Crippen molar-refractivity contribution in [3.8, 4) is 5.75 Å². The summed E-state index contributed by atoms with van der Waals surface area (Å²) >= 11 is 0. The Balaban J connectivity index is 1.72. The van der Waals surface area contributed by atoms with Gasteiger partial charge in [-0.25, -0.2) is 0 Å². The van der Waals surface area contributed by atoms with E-state index in [0.29, 0.717) is 6.54 Å². The number of hydrogen-bond acceptors (Lipinski definition) is 4. The minimum absolute atomic E-state index is 0.0432. The summed E-state index contributed by atoms with van der Waals surface area (Å²) < 4.78 is 10.8. The first-order valence-electron chi connectivity index (χ1n) is 7.87. The van der Waals surface area contributed by atoms with Crippen molar-refractivity contribution in [2.24, 2.45) is 5.73 Å². The lowest BCUT2D eigenvalue weighted by atomic mass is 10.1. The molecule has 2 N–H and O–H groups in total. The third-order valence-corrected chi connectivity index (χ3v) is 4.14. The lowest BCUT2D eigenvalue weighted by Crippen LogP contribution is -2.37. The molecule has 1 amide bonds. The van der Waals surface area contributed by atoms with E-state index >= 15 is 0 Å². The summed E-state index contributed by atoms with van der Waals surface area (Å²) in [5, 5.41) is 0. The molecule has 1 aromatic rings. The summed E-state index contributed by atoms with van der Waals surface area (Å²) in [5.74, 6) is 0.939. The number of amides is 1. The fourth-order valence-electron chi connectivity index (χ4n) is 2.73. The predicted octanol–water partition coefficient (Wildman–Crippen LogP) is 1.59. The Labute approximate surface area is 132 Å². The molecule has 1 aliphatic heterocycles. The Bertz CT molecular complexity index is 475. The summed E-state index contributed by atoms with van der Waals surface area (Å²) in [7, 11) is 3.51. The molecule has 22 heavy (non-hydrogen) atoms. The van der Waals surface area contributed by atoms with E-state index in [1.165, 1.54) is 5.56 Å². The third-order valence-electron chi connectivity index (χ3n) is 4.14. The maximum Gasteiger partial charge on any atom is 0.251 e. The van der Waals surface area contributed by atoms with Crippen molar-refractivity contribution in [3.63, 3.8) is 0 Å². The maximum absolute atomic E-state index is 12.3. The second-order valence-corrected chi connectivity index (χ2v) is 5.77. The predicted molar refractivity (Wildman–Crippen MR) is 85.9 cm³/mol. The van der Waals surface area contributed by atoms with E-state index in [0.717, 1.165) is 38.0 Å². The molecule has 0 saturated carbocycles. The first kappa shape index (κ1) is 16.8. The van der Waals surface area contributed by atoms with Gasteiger partial charge in [0.25, 0.3) is 5.91 Å². The second-order valence-electron chi connectivity index (χ2n) is 5.77. The van der Waals surface area contributed by atoms with Crippen molar-refractivity contribution in [3.05, 3.63) is 29.8 Å². The van der Waals surface area contributed by atoms with Crippen LogP contribution in [-0.4, -0.2) is 50.3 Å². The fraction of sp³-hybridized carbons (Fsp3) is 0.588. The van der Waals surface area contributed by atoms with Gasteiger partial charge in [-0.15, -0.1) is 0 Å². The summed E-state index contributed by atoms with van der Waals surface area (Å²) in [6.45, 7) is 1.23. The van der Waals surface area contributed by atoms with Crippen LogP contribution in [0.25, 0.3) is 0 Å². The van der Waals surface area contributed by atoms with Crippen LogP contribution >= 0.6 is 0 Å². The molecule has 2 atom stereocenters. The van der Waals surface area contributed by atoms with Crippen LogP contribution in [0, 0.1) is 0 Å². The highest BCUT2D eigenvalue weighted by molar-refractivity contribution is 5.80. The van der Waals surface area contributed by atoms with Crippen molar-refractivity contribution in [1.82, 2.24) is 4.90 Å². The standard InChI is InChI=1S/C17H26N2O3/c1-19(17(20)16-10-9-15(12-18)22-16)11-3-4-13-5-7-14(21-2)8-6-13/h5-8,15-16H,3-4,9-12,18H2,1-2H3/t15-,16+/m1/s1. The molecular formula is C17H26N2O3. The highest BCUT2D eigenvalue weighted by Gasteiger charge is 2.31. The average Bonchev–Trinajstić information content (AvgIpc) is 3.03. The Morgan fingerprint density at radius 1 is 1.36 bits per heavy atom. The zero-order valence-electron chi connectivity index (χ0n) is 13.5. The molecule has 0 unspecified atom stereocenters. The van der Waals surface area contributed by atoms with E-state index < -0.39 is 0 Å². The van der Waals surface area contributed by atoms with Gasteiger partial charge in [0.1, 0.15) is 11.9 Å². The lowest BCUT2D eigenvalue weighted by Gasteiger charge is -2.21. The first-order chi connectivity index (χ1) is 10.6. The molecule has 0 aromatic heterocycles. The first-order valence-corrected chi connectivity index (χ1v) is 7.87. The number of nitrogens with two attached hydrogens (primary N) is 1. The number of carbonyl (C=O) groups excluding carboxylic acids is 1. The van der Waals surface area contributed by atoms with Crippen LogP contribution in [0.1, 0.15) is 24.8 Å². The van der Waals surface area contributed by atoms with Gasteiger partial charge in [0.15, 0.2) is 0 Å². The number of ether oxygens (including phenoxy) is 2. The van der Waals surface area contributed by atoms with Crippen molar-refractivity contribution in [2.45, 2.75) is 37.9 Å². The normalized spacial score (nSPS) is 20.9. The zero-order chi connectivity index (χ0) is 15.9. The SMILES string of the molecule is COc1ccc(CCCN(C)C(=O)[C@@H]2CC[C@H](CN)O2)cc1. The van der Waals surface area contributed by atoms with Crippen molar-refractivity contribution < 1.29 is 14.3 Å². The highest BCUT2D eigenvalue weighted by atomic mass is 16.5. The van der Waals surface area contributed by atoms with Crippen molar-refractivity contribution in [2.75, 3.05) is 27.2 Å². The van der Waals surface area contributed by atoms with Crippen LogP contribution in [0.5, 0.6) is 5.75 Å². The van der Waals surface area contributed by atoms with Gasteiger partial charge in [-0.1, -0.05) is 12.1 Å². The molecule has 122 valence electrons. The highest BCUT2D eigenvalue weighted by Crippen LogP contribution is 2.20. The monoisotopic (exact) mass is 306 g/mol. The van der Waals surface area contributed by atoms with Gasteiger partial charge in [-0.05, 0) is 43.4 Å². The Morgan fingerprint density at radius 2 is 2.09 bits per heavy atom. The molecule has 1 saturated heterocycles. The van der Waals surface area contributed by atoms with E-state index in [1.54, 1.807) is 12.0 Å². The van der Waals surface area contributed by atoms with Gasteiger partial charge < -0.3 is 20.1 Å². The van der Waals surface area contributed by atoms with Crippen LogP contribution in [0.3, 0.4) is 0 Å². The molecule has 1 aliphatic rings. The topological polar surface area (TPSA) is 64.8 Å². The van der Waals surface area contributed by atoms with Gasteiger partial charge in [-0.3, -0.25) is 4.79 Å². The molecule has 1 aromatic carbocycles. The van der Waals surface area contributed by atoms with Gasteiger partial charge in [0, 0.05) is 20.1 Å². The lowest BCUT2D eigenvalue weighted by molar-refractivity contribution is -0.141. The Morgan fingerprint density at radius 3 is 2.68 bits per heavy atom. The third kappa shape index (κ3) is 4.45. The number of hydrogen-bond donors (Lipinski definition) is 1. The average molecular weight is 306 g/mol. The molecular weight excluding hydrogens is 280 g/mol. The van der Waals surface area contributed by atoms with E-state index in [-0.39, 0.29) is 18.1 Å². The van der Waals surface area contributed by atoms with Crippen LogP contribution in [0.15, 0.2) is 24.3 Å². The van der Waals surface area contributed by atoms with E-state index in [9.17, 15) is 4.79 Å². The maximum atomic E-state index is 12.3. The van der Waals surface area contributed by atoms with E-state index in [2.05, 4.69) is 12.1 Å². The van der Waals surface area contributed by atoms with Gasteiger partial charge in [0.05, 0.1) is 13.2 Å². The molecule has 0 spiro atoms. The van der Waals surface area contributed by atoms with Crippen LogP contribution in [0.4, 0.5) is 0 Å². The van der Waals surface area contributed by atoms with Gasteiger partial charge in [-0.2, -0.15) is 0 Å². The summed E-state index contributed by atoms with van der Waals surface area (Å²) in [6, 6.07) is 8.05. The molecule has 1 fully saturated rings. The van der Waals surface area contributed by atoms with E-state index in [1.807, 2.05) is 19.2 Å². The quantitative estimate of drug-likeness (QED) is 0.831. The molecule has 5 heteroatoms. The fourth-order valence-corrected chi connectivity index (χ4v) is 2.73. The van der Waals surface area contributed by atoms with Crippen LogP contribution in [-0.2, 0) is 16.0 Å². The number of nitrogens with zero attached hydrogens (tertiary/aromatic N) is 1. The molecule has 1 heterocycles. The molecule has 0 radical (unpaired) electrons. The molecule has 5 nitrogen and oxygen atoms in total. The molecule has 0 aliphatic carbocycles. The zero-order valence-corrected chi connectivity index (χ0v) is 13.5. The number of methoxy groups -OCH3 is 1. The van der Waals surface area contributed by atoms with Crippen LogP contribution in [0.2, 0.25) is 0 Å². The van der Waals surface area contributed by atoms with Gasteiger partial charge in [0.2, 0.25) is 0 Å².